The van der Waals surface area contributed by atoms with Crippen LogP contribution in [0, 0.1) is 40.4 Å². The molecule has 0 aromatic heterocycles. The molecular weight excluding hydrogens is 480 g/mol. The van der Waals surface area contributed by atoms with Gasteiger partial charge in [0, 0.05) is 31.6 Å². The predicted molar refractivity (Wildman–Crippen MR) is 160 cm³/mol. The Balaban J connectivity index is 1.18. The molecule has 1 aromatic rings. The molecule has 3 unspecified atom stereocenters. The fourth-order valence-corrected chi connectivity index (χ4v) is 10.4. The molecule has 4 nitrogen and oxygen atoms in total. The molecule has 216 valence electrons. The van der Waals surface area contributed by atoms with E-state index in [1.165, 1.54) is 44.1 Å². The highest BCUT2D eigenvalue weighted by Crippen LogP contribution is 2.67. The second-order valence-electron chi connectivity index (χ2n) is 15.4. The topological polar surface area (TPSA) is 49.4 Å². The van der Waals surface area contributed by atoms with Crippen LogP contribution in [0.5, 0.6) is 0 Å². The van der Waals surface area contributed by atoms with Gasteiger partial charge < -0.3 is 10.2 Å². The smallest absolute Gasteiger partial charge is 0.224 e. The summed E-state index contributed by atoms with van der Waals surface area (Å²) in [4.78, 5) is 27.5. The van der Waals surface area contributed by atoms with Crippen molar-refractivity contribution < 1.29 is 9.59 Å². The quantitative estimate of drug-likeness (QED) is 0.400. The van der Waals surface area contributed by atoms with E-state index in [-0.39, 0.29) is 11.3 Å². The number of benzene rings is 1. The Kier molecular flexibility index (Phi) is 7.74. The number of piperidine rings is 1. The van der Waals surface area contributed by atoms with Gasteiger partial charge in [0.25, 0.3) is 0 Å². The molecule has 8 atom stereocenters. The molecule has 39 heavy (non-hydrogen) atoms. The monoisotopic (exact) mass is 534 g/mol. The van der Waals surface area contributed by atoms with Crippen molar-refractivity contribution in [1.29, 1.82) is 0 Å². The lowest BCUT2D eigenvalue weighted by Crippen LogP contribution is -2.61. The number of nitrogens with zero attached hydrogens (tertiary/aromatic N) is 1. The van der Waals surface area contributed by atoms with Crippen molar-refractivity contribution in [1.82, 2.24) is 4.90 Å². The zero-order chi connectivity index (χ0) is 28.2. The number of likely N-dealkylation sites (tertiary alicyclic amines) is 1. The van der Waals surface area contributed by atoms with Crippen molar-refractivity contribution in [2.24, 2.45) is 40.4 Å². The van der Waals surface area contributed by atoms with Crippen molar-refractivity contribution >= 4 is 17.5 Å². The van der Waals surface area contributed by atoms with Crippen LogP contribution in [0.15, 0.2) is 24.3 Å². The molecule has 0 spiro atoms. The van der Waals surface area contributed by atoms with Gasteiger partial charge in [0.2, 0.25) is 11.8 Å². The number of rotatable bonds is 6. The van der Waals surface area contributed by atoms with E-state index in [0.717, 1.165) is 55.0 Å². The van der Waals surface area contributed by atoms with Crippen LogP contribution in [-0.4, -0.2) is 29.8 Å². The summed E-state index contributed by atoms with van der Waals surface area (Å²) in [5, 5.41) is 3.21. The van der Waals surface area contributed by atoms with Gasteiger partial charge in [0.15, 0.2) is 0 Å². The third-order valence-electron chi connectivity index (χ3n) is 12.4. The van der Waals surface area contributed by atoms with Crippen LogP contribution in [-0.2, 0) is 15.0 Å². The number of nitrogens with one attached hydrogen (secondary N) is 1. The summed E-state index contributed by atoms with van der Waals surface area (Å²) in [7, 11) is 2.06. The molecule has 1 aliphatic heterocycles. The summed E-state index contributed by atoms with van der Waals surface area (Å²) in [5.74, 6) is 4.39. The number of para-hydroxylation sites is 1. The number of hydrogen-bond donors (Lipinski definition) is 1. The molecule has 0 radical (unpaired) electrons. The Labute approximate surface area is 238 Å². The van der Waals surface area contributed by atoms with E-state index < -0.39 is 0 Å². The van der Waals surface area contributed by atoms with Gasteiger partial charge in [0.05, 0.1) is 0 Å². The molecule has 5 rings (SSSR count). The summed E-state index contributed by atoms with van der Waals surface area (Å²) in [6, 6.07) is 8.68. The minimum absolute atomic E-state index is 0.00679. The van der Waals surface area contributed by atoms with Gasteiger partial charge in [0.1, 0.15) is 0 Å². The van der Waals surface area contributed by atoms with Crippen LogP contribution in [0.2, 0.25) is 0 Å². The van der Waals surface area contributed by atoms with Gasteiger partial charge in [-0.05, 0) is 115 Å². The minimum atomic E-state index is 0.00679. The third-order valence-corrected chi connectivity index (χ3v) is 12.4. The van der Waals surface area contributed by atoms with Gasteiger partial charge in [-0.3, -0.25) is 9.59 Å². The Morgan fingerprint density at radius 1 is 1.03 bits per heavy atom. The van der Waals surface area contributed by atoms with E-state index in [1.54, 1.807) is 0 Å². The molecular formula is C35H54N2O2. The van der Waals surface area contributed by atoms with Crippen molar-refractivity contribution in [3.63, 3.8) is 0 Å². The standard InChI is InChI=1S/C35H54N2O2/c1-23(11-10-14-31(38)36-29-13-9-8-12-28(29)33(2,3)4)25-16-17-26-24-15-18-30-35(6,22-20-32(39)37(30)7)27(24)19-21-34(25,26)5/h8-9,12-13,23-27,30H,10-11,14-22H2,1-7H3,(H,36,38)/t23-,24?,25-,26?,27?,30-,34-,35-/m1/s1. The van der Waals surface area contributed by atoms with Crippen molar-refractivity contribution in [2.45, 2.75) is 124 Å². The molecule has 1 heterocycles. The van der Waals surface area contributed by atoms with Crippen LogP contribution < -0.4 is 5.32 Å². The van der Waals surface area contributed by atoms with Crippen LogP contribution >= 0.6 is 0 Å². The zero-order valence-corrected chi connectivity index (χ0v) is 25.8. The first-order valence-corrected chi connectivity index (χ1v) is 16.0. The van der Waals surface area contributed by atoms with Crippen LogP contribution in [0.4, 0.5) is 5.69 Å². The van der Waals surface area contributed by atoms with Crippen molar-refractivity contribution in [3.8, 4) is 0 Å². The third kappa shape index (κ3) is 5.08. The molecule has 3 aliphatic carbocycles. The average molecular weight is 535 g/mol. The highest BCUT2D eigenvalue weighted by atomic mass is 16.2. The Morgan fingerprint density at radius 3 is 2.49 bits per heavy atom. The van der Waals surface area contributed by atoms with E-state index in [0.29, 0.717) is 35.1 Å². The maximum Gasteiger partial charge on any atom is 0.224 e. The number of amides is 2. The number of carbonyl (C=O) groups excluding carboxylic acids is 2. The van der Waals surface area contributed by atoms with Crippen molar-refractivity contribution in [3.05, 3.63) is 29.8 Å². The highest BCUT2D eigenvalue weighted by molar-refractivity contribution is 5.91. The molecule has 2 amide bonds. The molecule has 1 aromatic carbocycles. The first-order chi connectivity index (χ1) is 18.4. The van der Waals surface area contributed by atoms with Crippen LogP contribution in [0.1, 0.15) is 118 Å². The molecule has 3 saturated carbocycles. The highest BCUT2D eigenvalue weighted by Gasteiger charge is 2.61. The fraction of sp³-hybridized carbons (Fsp3) is 0.771. The summed E-state index contributed by atoms with van der Waals surface area (Å²) in [6.45, 7) is 14.2. The molecule has 1 N–H and O–H groups in total. The number of hydrogen-bond acceptors (Lipinski definition) is 2. The number of fused-ring (bicyclic) bond motifs is 5. The molecule has 1 saturated heterocycles. The fourth-order valence-electron chi connectivity index (χ4n) is 10.4. The summed E-state index contributed by atoms with van der Waals surface area (Å²) >= 11 is 0. The number of anilines is 1. The van der Waals surface area contributed by atoms with Gasteiger partial charge in [-0.1, -0.05) is 59.7 Å². The Hall–Kier alpha value is -1.84. The largest absolute Gasteiger partial charge is 0.342 e. The van der Waals surface area contributed by atoms with Crippen LogP contribution in [0.25, 0.3) is 0 Å². The second-order valence-corrected chi connectivity index (χ2v) is 15.4. The lowest BCUT2D eigenvalue weighted by atomic mass is 9.46. The predicted octanol–water partition coefficient (Wildman–Crippen LogP) is 8.21. The zero-order valence-electron chi connectivity index (χ0n) is 25.8. The first-order valence-electron chi connectivity index (χ1n) is 16.0. The lowest BCUT2D eigenvalue weighted by molar-refractivity contribution is -0.158. The summed E-state index contributed by atoms with van der Waals surface area (Å²) in [6.07, 6.45) is 12.5. The van der Waals surface area contributed by atoms with E-state index in [4.69, 9.17) is 0 Å². The van der Waals surface area contributed by atoms with Gasteiger partial charge >= 0.3 is 0 Å². The van der Waals surface area contributed by atoms with Crippen molar-refractivity contribution in [2.75, 3.05) is 12.4 Å². The maximum atomic E-state index is 12.9. The average Bonchev–Trinajstić information content (AvgIpc) is 3.23. The van der Waals surface area contributed by atoms with E-state index in [2.05, 4.69) is 70.9 Å². The van der Waals surface area contributed by atoms with E-state index in [9.17, 15) is 9.59 Å². The number of carbonyl (C=O) groups is 2. The Morgan fingerprint density at radius 2 is 1.74 bits per heavy atom. The van der Waals surface area contributed by atoms with Crippen LogP contribution in [0.3, 0.4) is 0 Å². The molecule has 4 aliphatic rings. The van der Waals surface area contributed by atoms with E-state index >= 15 is 0 Å². The minimum Gasteiger partial charge on any atom is -0.342 e. The van der Waals surface area contributed by atoms with E-state index in [1.807, 2.05) is 12.1 Å². The second kappa shape index (κ2) is 10.5. The SMILES string of the molecule is C[C@H](CCCC(=O)Nc1ccccc1C(C)(C)C)[C@H]1CCC2C3CC[C@H]4N(C)C(=O)CC[C@]4(C)C3CC[C@@]21C. The lowest BCUT2D eigenvalue weighted by Gasteiger charge is -2.62. The molecule has 4 fully saturated rings. The molecule has 0 bridgehead atoms. The van der Waals surface area contributed by atoms with Gasteiger partial charge in [-0.2, -0.15) is 0 Å². The van der Waals surface area contributed by atoms with Gasteiger partial charge in [-0.15, -0.1) is 0 Å². The molecule has 4 heteroatoms. The Bertz CT molecular complexity index is 1070. The first kappa shape index (κ1) is 28.7. The summed E-state index contributed by atoms with van der Waals surface area (Å²) in [5.41, 5.74) is 2.90. The maximum absolute atomic E-state index is 12.9. The normalized spacial score (nSPS) is 37.1. The van der Waals surface area contributed by atoms with Gasteiger partial charge in [-0.25, -0.2) is 0 Å². The summed E-state index contributed by atoms with van der Waals surface area (Å²) < 4.78 is 0.